The Labute approximate surface area is 201 Å². The standard InChI is InChI=1S/C26H30N2O5S/c1-3-25(20-7-5-4-6-8-20)26(21-9-13-23(29)14-10-21)22-11-15-24(16-12-22)33-18-17-28(2)19-27-34(30,31)32/h4-16,27,29H,3,17-19H2,1-2H3,(H,30,31,32)/b26-25-. The van der Waals surface area contributed by atoms with Gasteiger partial charge in [0.2, 0.25) is 0 Å². The third-order valence-electron chi connectivity index (χ3n) is 5.34. The minimum Gasteiger partial charge on any atom is -0.508 e. The zero-order chi connectivity index (χ0) is 24.6. The van der Waals surface area contributed by atoms with Crippen molar-refractivity contribution in [2.75, 3.05) is 26.9 Å². The van der Waals surface area contributed by atoms with Gasteiger partial charge in [-0.1, -0.05) is 61.5 Å². The largest absolute Gasteiger partial charge is 0.508 e. The second-order valence-corrected chi connectivity index (χ2v) is 9.09. The number of phenolic OH excluding ortho intramolecular Hbond substituents is 1. The molecule has 0 bridgehead atoms. The lowest BCUT2D eigenvalue weighted by atomic mass is 9.88. The van der Waals surface area contributed by atoms with Gasteiger partial charge in [0, 0.05) is 6.54 Å². The Morgan fingerprint density at radius 1 is 0.912 bits per heavy atom. The summed E-state index contributed by atoms with van der Waals surface area (Å²) >= 11 is 0. The van der Waals surface area contributed by atoms with Crippen LogP contribution in [0, 0.1) is 0 Å². The van der Waals surface area contributed by atoms with Gasteiger partial charge in [0.25, 0.3) is 0 Å². The number of nitrogens with zero attached hydrogens (tertiary/aromatic N) is 1. The molecule has 0 heterocycles. The van der Waals surface area contributed by atoms with E-state index in [1.165, 1.54) is 5.57 Å². The van der Waals surface area contributed by atoms with Gasteiger partial charge in [0.05, 0.1) is 6.67 Å². The lowest BCUT2D eigenvalue weighted by Gasteiger charge is -2.18. The number of rotatable bonds is 11. The molecule has 0 fully saturated rings. The van der Waals surface area contributed by atoms with E-state index in [9.17, 15) is 13.5 Å². The maximum Gasteiger partial charge on any atom is 0.334 e. The third kappa shape index (κ3) is 7.43. The van der Waals surface area contributed by atoms with Crippen LogP contribution in [0.5, 0.6) is 11.5 Å². The predicted octanol–water partition coefficient (Wildman–Crippen LogP) is 4.42. The number of hydrogen-bond donors (Lipinski definition) is 3. The summed E-state index contributed by atoms with van der Waals surface area (Å²) < 4.78 is 38.1. The van der Waals surface area contributed by atoms with Gasteiger partial charge in [-0.3, -0.25) is 9.45 Å². The minimum atomic E-state index is -4.21. The second-order valence-electron chi connectivity index (χ2n) is 7.85. The molecule has 0 saturated carbocycles. The minimum absolute atomic E-state index is 0.0127. The van der Waals surface area contributed by atoms with Crippen molar-refractivity contribution >= 4 is 21.5 Å². The number of likely N-dealkylation sites (N-methyl/N-ethyl adjacent to an activating group) is 1. The number of phenols is 1. The molecule has 7 nitrogen and oxygen atoms in total. The van der Waals surface area contributed by atoms with Crippen LogP contribution in [0.1, 0.15) is 30.0 Å². The topological polar surface area (TPSA) is 99.1 Å². The highest BCUT2D eigenvalue weighted by atomic mass is 32.2. The van der Waals surface area contributed by atoms with Gasteiger partial charge < -0.3 is 9.84 Å². The summed E-state index contributed by atoms with van der Waals surface area (Å²) in [4.78, 5) is 1.68. The number of ether oxygens (including phenoxy) is 1. The molecule has 8 heteroatoms. The summed E-state index contributed by atoms with van der Waals surface area (Å²) in [5.41, 5.74) is 5.49. The summed E-state index contributed by atoms with van der Waals surface area (Å²) in [7, 11) is -2.50. The second kappa shape index (κ2) is 11.8. The van der Waals surface area contributed by atoms with Crippen LogP contribution in [0.15, 0.2) is 78.9 Å². The normalized spacial score (nSPS) is 12.5. The van der Waals surface area contributed by atoms with Crippen LogP contribution in [0.2, 0.25) is 0 Å². The van der Waals surface area contributed by atoms with Crippen molar-refractivity contribution in [1.82, 2.24) is 9.62 Å². The molecule has 180 valence electrons. The smallest absolute Gasteiger partial charge is 0.334 e. The maximum atomic E-state index is 10.8. The Kier molecular flexibility index (Phi) is 8.84. The quantitative estimate of drug-likeness (QED) is 0.213. The van der Waals surface area contributed by atoms with E-state index in [0.717, 1.165) is 28.7 Å². The molecule has 3 rings (SSSR count). The molecular formula is C26H30N2O5S. The fourth-order valence-electron chi connectivity index (χ4n) is 3.62. The predicted molar refractivity (Wildman–Crippen MR) is 135 cm³/mol. The summed E-state index contributed by atoms with van der Waals surface area (Å²) in [6, 6.07) is 25.3. The van der Waals surface area contributed by atoms with Crippen LogP contribution < -0.4 is 9.46 Å². The van der Waals surface area contributed by atoms with E-state index in [4.69, 9.17) is 9.29 Å². The van der Waals surface area contributed by atoms with Crippen LogP contribution >= 0.6 is 0 Å². The van der Waals surface area contributed by atoms with Crippen LogP contribution in [-0.2, 0) is 10.3 Å². The zero-order valence-electron chi connectivity index (χ0n) is 19.3. The molecule has 3 aromatic rings. The fourth-order valence-corrected chi connectivity index (χ4v) is 4.00. The first kappa shape index (κ1) is 25.5. The molecule has 0 radical (unpaired) electrons. The first-order valence-electron chi connectivity index (χ1n) is 11.0. The molecule has 0 aromatic heterocycles. The number of nitrogens with one attached hydrogen (secondary N) is 1. The molecule has 0 atom stereocenters. The summed E-state index contributed by atoms with van der Waals surface area (Å²) in [6.45, 7) is 2.94. The van der Waals surface area contributed by atoms with E-state index in [1.807, 2.05) is 59.3 Å². The highest BCUT2D eigenvalue weighted by molar-refractivity contribution is 7.83. The fraction of sp³-hybridized carbons (Fsp3) is 0.231. The highest BCUT2D eigenvalue weighted by Gasteiger charge is 2.13. The first-order valence-corrected chi connectivity index (χ1v) is 12.4. The van der Waals surface area contributed by atoms with Gasteiger partial charge in [0.15, 0.2) is 0 Å². The molecule has 3 aromatic carbocycles. The van der Waals surface area contributed by atoms with E-state index in [2.05, 4.69) is 19.1 Å². The Morgan fingerprint density at radius 2 is 1.50 bits per heavy atom. The SMILES string of the molecule is CC/C(=C(\c1ccc(O)cc1)c1ccc(OCCN(C)CNS(=O)(=O)O)cc1)c1ccccc1. The van der Waals surface area contributed by atoms with Crippen molar-refractivity contribution in [2.45, 2.75) is 13.3 Å². The van der Waals surface area contributed by atoms with Crippen LogP contribution in [0.3, 0.4) is 0 Å². The molecule has 3 N–H and O–H groups in total. The molecule has 0 saturated heterocycles. The number of benzene rings is 3. The highest BCUT2D eigenvalue weighted by Crippen LogP contribution is 2.35. The van der Waals surface area contributed by atoms with E-state index in [0.29, 0.717) is 18.9 Å². The summed E-state index contributed by atoms with van der Waals surface area (Å²) in [5, 5.41) is 9.77. The van der Waals surface area contributed by atoms with E-state index in [1.54, 1.807) is 24.1 Å². The Hall–Kier alpha value is -3.17. The van der Waals surface area contributed by atoms with Gasteiger partial charge >= 0.3 is 10.3 Å². The Bertz CT molecular complexity index is 1190. The molecule has 0 aliphatic carbocycles. The van der Waals surface area contributed by atoms with Crippen molar-refractivity contribution in [3.63, 3.8) is 0 Å². The molecule has 0 unspecified atom stereocenters. The molecule has 34 heavy (non-hydrogen) atoms. The van der Waals surface area contributed by atoms with Gasteiger partial charge in [0.1, 0.15) is 18.1 Å². The monoisotopic (exact) mass is 482 g/mol. The molecular weight excluding hydrogens is 452 g/mol. The molecule has 0 spiro atoms. The average Bonchev–Trinajstić information content (AvgIpc) is 2.83. The maximum absolute atomic E-state index is 10.8. The van der Waals surface area contributed by atoms with E-state index >= 15 is 0 Å². The van der Waals surface area contributed by atoms with Gasteiger partial charge in [-0.05, 0) is 65.6 Å². The number of allylic oxidation sites excluding steroid dienone is 1. The lowest BCUT2D eigenvalue weighted by molar-refractivity contribution is 0.234. The lowest BCUT2D eigenvalue weighted by Crippen LogP contribution is -2.36. The van der Waals surface area contributed by atoms with Gasteiger partial charge in [-0.15, -0.1) is 0 Å². The van der Waals surface area contributed by atoms with E-state index in [-0.39, 0.29) is 12.4 Å². The Balaban J connectivity index is 1.80. The van der Waals surface area contributed by atoms with E-state index < -0.39 is 10.3 Å². The Morgan fingerprint density at radius 3 is 2.06 bits per heavy atom. The number of aromatic hydroxyl groups is 1. The molecule has 0 aliphatic heterocycles. The van der Waals surface area contributed by atoms with Gasteiger partial charge in [-0.25, -0.2) is 0 Å². The van der Waals surface area contributed by atoms with Crippen LogP contribution in [0.4, 0.5) is 0 Å². The molecule has 0 aliphatic rings. The number of hydrogen-bond acceptors (Lipinski definition) is 5. The third-order valence-corrected chi connectivity index (χ3v) is 5.83. The summed E-state index contributed by atoms with van der Waals surface area (Å²) in [5.74, 6) is 0.920. The first-order chi connectivity index (χ1) is 16.3. The van der Waals surface area contributed by atoms with Gasteiger partial charge in [-0.2, -0.15) is 13.1 Å². The molecule has 0 amide bonds. The van der Waals surface area contributed by atoms with Crippen molar-refractivity contribution in [1.29, 1.82) is 0 Å². The average molecular weight is 483 g/mol. The zero-order valence-corrected chi connectivity index (χ0v) is 20.1. The van der Waals surface area contributed by atoms with Crippen LogP contribution in [0.25, 0.3) is 11.1 Å². The van der Waals surface area contributed by atoms with Crippen molar-refractivity contribution in [2.24, 2.45) is 0 Å². The summed E-state index contributed by atoms with van der Waals surface area (Å²) in [6.07, 6.45) is 0.836. The van der Waals surface area contributed by atoms with Crippen molar-refractivity contribution in [3.8, 4) is 11.5 Å². The van der Waals surface area contributed by atoms with Crippen molar-refractivity contribution < 1.29 is 22.8 Å². The van der Waals surface area contributed by atoms with Crippen LogP contribution in [-0.4, -0.2) is 49.8 Å². The van der Waals surface area contributed by atoms with Crippen molar-refractivity contribution in [3.05, 3.63) is 95.6 Å².